The molecule has 0 bridgehead atoms. The molecule has 9 nitrogen and oxygen atoms in total. The second kappa shape index (κ2) is 9.09. The minimum absolute atomic E-state index is 0.00249. The molecule has 1 atom stereocenters. The molecule has 0 N–H and O–H groups in total. The number of amides is 3. The molecule has 1 spiro atoms. The third-order valence-corrected chi connectivity index (χ3v) is 8.25. The zero-order chi connectivity index (χ0) is 24.0. The number of fused-ring (bicyclic) bond motifs is 3. The van der Waals surface area contributed by atoms with Crippen LogP contribution < -0.4 is 9.80 Å². The molecule has 0 radical (unpaired) electrons. The van der Waals surface area contributed by atoms with Crippen LogP contribution in [0.4, 0.5) is 11.4 Å². The van der Waals surface area contributed by atoms with Crippen LogP contribution in [0.5, 0.6) is 0 Å². The molecule has 5 heterocycles. The van der Waals surface area contributed by atoms with Gasteiger partial charge in [-0.3, -0.25) is 19.3 Å². The first-order valence-electron chi connectivity index (χ1n) is 13.1. The van der Waals surface area contributed by atoms with Crippen molar-refractivity contribution >= 4 is 29.1 Å². The molecule has 4 saturated heterocycles. The summed E-state index contributed by atoms with van der Waals surface area (Å²) in [6.45, 7) is 4.66. The van der Waals surface area contributed by atoms with E-state index in [-0.39, 0.29) is 30.3 Å². The van der Waals surface area contributed by atoms with Gasteiger partial charge < -0.3 is 24.2 Å². The molecule has 6 rings (SSSR count). The Labute approximate surface area is 205 Å². The Hall–Kier alpha value is -2.65. The van der Waals surface area contributed by atoms with E-state index in [9.17, 15) is 14.4 Å². The van der Waals surface area contributed by atoms with Gasteiger partial charge in [0.05, 0.1) is 24.6 Å². The van der Waals surface area contributed by atoms with Gasteiger partial charge in [0.1, 0.15) is 12.6 Å². The normalized spacial score (nSPS) is 25.7. The van der Waals surface area contributed by atoms with E-state index in [1.165, 1.54) is 0 Å². The largest absolute Gasteiger partial charge is 0.358 e. The average Bonchev–Trinajstić information content (AvgIpc) is 3.59. The number of ether oxygens (including phenoxy) is 2. The lowest BCUT2D eigenvalue weighted by Crippen LogP contribution is -2.58. The van der Waals surface area contributed by atoms with Gasteiger partial charge in [-0.1, -0.05) is 0 Å². The quantitative estimate of drug-likeness (QED) is 0.656. The van der Waals surface area contributed by atoms with E-state index in [2.05, 4.69) is 4.90 Å². The number of likely N-dealkylation sites (tertiary alicyclic amines) is 2. The molecule has 188 valence electrons. The Balaban J connectivity index is 1.25. The number of anilines is 2. The first kappa shape index (κ1) is 22.8. The maximum atomic E-state index is 13.7. The molecule has 1 aromatic rings. The maximum absolute atomic E-state index is 13.7. The summed E-state index contributed by atoms with van der Waals surface area (Å²) in [7, 11) is 0. The average molecular weight is 483 g/mol. The van der Waals surface area contributed by atoms with Gasteiger partial charge in [0.15, 0.2) is 5.79 Å². The van der Waals surface area contributed by atoms with Crippen LogP contribution in [0.2, 0.25) is 0 Å². The number of hydrogen-bond donors (Lipinski definition) is 0. The maximum Gasteiger partial charge on any atom is 0.253 e. The van der Waals surface area contributed by atoms with Gasteiger partial charge in [-0.05, 0) is 50.3 Å². The summed E-state index contributed by atoms with van der Waals surface area (Å²) in [5.74, 6) is -0.648. The second-order valence-electron chi connectivity index (χ2n) is 10.3. The van der Waals surface area contributed by atoms with Crippen molar-refractivity contribution in [3.8, 4) is 0 Å². The highest BCUT2D eigenvalue weighted by atomic mass is 16.7. The molecule has 0 aliphatic carbocycles. The zero-order valence-electron chi connectivity index (χ0n) is 20.2. The standard InChI is InChI=1S/C26H34N4O5/c31-23(27-13-8-26(9-14-27)34-15-16-35-26)18-30-22-17-19(24(32)28-10-3-4-11-28)6-7-20(22)29-12-2-1-5-21(29)25(30)33/h6-7,17,21H,1-5,8-16,18H2. The van der Waals surface area contributed by atoms with Crippen molar-refractivity contribution in [3.63, 3.8) is 0 Å². The summed E-state index contributed by atoms with van der Waals surface area (Å²) in [6.07, 6.45) is 6.18. The van der Waals surface area contributed by atoms with E-state index in [0.29, 0.717) is 50.4 Å². The number of hydrogen-bond acceptors (Lipinski definition) is 6. The zero-order valence-corrected chi connectivity index (χ0v) is 20.2. The van der Waals surface area contributed by atoms with Gasteiger partial charge in [0, 0.05) is 51.1 Å². The topological polar surface area (TPSA) is 82.6 Å². The van der Waals surface area contributed by atoms with E-state index in [0.717, 1.165) is 57.4 Å². The van der Waals surface area contributed by atoms with Gasteiger partial charge in [0.25, 0.3) is 5.91 Å². The van der Waals surface area contributed by atoms with Crippen molar-refractivity contribution in [2.75, 3.05) is 62.3 Å². The number of rotatable bonds is 3. The first-order chi connectivity index (χ1) is 17.0. The Bertz CT molecular complexity index is 1010. The summed E-state index contributed by atoms with van der Waals surface area (Å²) >= 11 is 0. The lowest BCUT2D eigenvalue weighted by atomic mass is 9.95. The predicted molar refractivity (Wildman–Crippen MR) is 129 cm³/mol. The van der Waals surface area contributed by atoms with Crippen LogP contribution >= 0.6 is 0 Å². The molecule has 35 heavy (non-hydrogen) atoms. The van der Waals surface area contributed by atoms with E-state index < -0.39 is 5.79 Å². The monoisotopic (exact) mass is 482 g/mol. The van der Waals surface area contributed by atoms with Gasteiger partial charge in [0.2, 0.25) is 11.8 Å². The highest BCUT2D eigenvalue weighted by Gasteiger charge is 2.43. The molecule has 9 heteroatoms. The number of benzene rings is 1. The highest BCUT2D eigenvalue weighted by Crippen LogP contribution is 2.40. The second-order valence-corrected chi connectivity index (χ2v) is 10.3. The Morgan fingerprint density at radius 3 is 2.34 bits per heavy atom. The van der Waals surface area contributed by atoms with Crippen LogP contribution in [-0.4, -0.2) is 91.8 Å². The van der Waals surface area contributed by atoms with Gasteiger partial charge in [-0.2, -0.15) is 0 Å². The van der Waals surface area contributed by atoms with Crippen molar-refractivity contribution < 1.29 is 23.9 Å². The molecule has 0 aromatic heterocycles. The van der Waals surface area contributed by atoms with E-state index in [1.54, 1.807) is 4.90 Å². The number of nitrogens with zero attached hydrogens (tertiary/aromatic N) is 4. The van der Waals surface area contributed by atoms with Crippen molar-refractivity contribution in [2.24, 2.45) is 0 Å². The first-order valence-corrected chi connectivity index (χ1v) is 13.1. The molecular formula is C26H34N4O5. The van der Waals surface area contributed by atoms with Crippen LogP contribution in [0, 0.1) is 0 Å². The summed E-state index contributed by atoms with van der Waals surface area (Å²) in [6, 6.07) is 5.44. The molecule has 1 aromatic carbocycles. The van der Waals surface area contributed by atoms with Crippen LogP contribution in [-0.2, 0) is 19.1 Å². The summed E-state index contributed by atoms with van der Waals surface area (Å²) in [5, 5.41) is 0. The Morgan fingerprint density at radius 1 is 0.886 bits per heavy atom. The molecule has 5 aliphatic heterocycles. The minimum Gasteiger partial charge on any atom is -0.358 e. The van der Waals surface area contributed by atoms with Crippen molar-refractivity contribution in [1.29, 1.82) is 0 Å². The fraction of sp³-hybridized carbons (Fsp3) is 0.654. The smallest absolute Gasteiger partial charge is 0.253 e. The van der Waals surface area contributed by atoms with Crippen molar-refractivity contribution in [2.45, 2.75) is 56.8 Å². The molecular weight excluding hydrogens is 448 g/mol. The van der Waals surface area contributed by atoms with Crippen LogP contribution in [0.25, 0.3) is 0 Å². The molecule has 1 unspecified atom stereocenters. The molecule has 5 aliphatic rings. The third-order valence-electron chi connectivity index (χ3n) is 8.25. The Kier molecular flexibility index (Phi) is 5.92. The van der Waals surface area contributed by atoms with Gasteiger partial charge in [-0.15, -0.1) is 0 Å². The van der Waals surface area contributed by atoms with Crippen molar-refractivity contribution in [3.05, 3.63) is 23.8 Å². The molecule has 0 saturated carbocycles. The van der Waals surface area contributed by atoms with E-state index in [4.69, 9.17) is 9.47 Å². The van der Waals surface area contributed by atoms with Gasteiger partial charge >= 0.3 is 0 Å². The summed E-state index contributed by atoms with van der Waals surface area (Å²) in [5.41, 5.74) is 2.22. The van der Waals surface area contributed by atoms with Crippen LogP contribution in [0.15, 0.2) is 18.2 Å². The van der Waals surface area contributed by atoms with E-state index in [1.807, 2.05) is 28.0 Å². The number of piperidine rings is 2. The fourth-order valence-corrected chi connectivity index (χ4v) is 6.27. The molecule has 4 fully saturated rings. The summed E-state index contributed by atoms with van der Waals surface area (Å²) < 4.78 is 11.6. The van der Waals surface area contributed by atoms with Crippen LogP contribution in [0.1, 0.15) is 55.3 Å². The number of carbonyl (C=O) groups excluding carboxylic acids is 3. The highest BCUT2D eigenvalue weighted by molar-refractivity contribution is 6.09. The minimum atomic E-state index is -0.544. The fourth-order valence-electron chi connectivity index (χ4n) is 6.27. The third kappa shape index (κ3) is 4.08. The predicted octanol–water partition coefficient (Wildman–Crippen LogP) is 1.99. The van der Waals surface area contributed by atoms with Crippen LogP contribution in [0.3, 0.4) is 0 Å². The van der Waals surface area contributed by atoms with E-state index >= 15 is 0 Å². The Morgan fingerprint density at radius 2 is 1.60 bits per heavy atom. The lowest BCUT2D eigenvalue weighted by molar-refractivity contribution is -0.187. The summed E-state index contributed by atoms with van der Waals surface area (Å²) in [4.78, 5) is 47.6. The van der Waals surface area contributed by atoms with Gasteiger partial charge in [-0.25, -0.2) is 0 Å². The number of carbonyl (C=O) groups is 3. The SMILES string of the molecule is O=C(CN1C(=O)C2CCCCN2c2ccc(C(=O)N3CCCC3)cc21)N1CCC2(CC1)OCCO2. The molecule has 3 amide bonds. The van der Waals surface area contributed by atoms with Crippen molar-refractivity contribution in [1.82, 2.24) is 9.80 Å². The lowest BCUT2D eigenvalue weighted by Gasteiger charge is -2.46.